The van der Waals surface area contributed by atoms with Gasteiger partial charge in [-0.2, -0.15) is 8.42 Å². The Morgan fingerprint density at radius 1 is 1.18 bits per heavy atom. The van der Waals surface area contributed by atoms with Gasteiger partial charge in [0.15, 0.2) is 0 Å². The van der Waals surface area contributed by atoms with Crippen molar-refractivity contribution >= 4 is 22.3 Å². The van der Waals surface area contributed by atoms with Crippen molar-refractivity contribution in [1.29, 1.82) is 0 Å². The van der Waals surface area contributed by atoms with E-state index in [1.165, 1.54) is 0 Å². The van der Waals surface area contributed by atoms with E-state index in [2.05, 4.69) is 9.08 Å². The van der Waals surface area contributed by atoms with Crippen LogP contribution in [0.5, 0.6) is 0 Å². The van der Waals surface area contributed by atoms with Crippen LogP contribution in [0.25, 0.3) is 0 Å². The van der Waals surface area contributed by atoms with Crippen molar-refractivity contribution < 1.29 is 31.7 Å². The Morgan fingerprint density at radius 3 is 2.39 bits per heavy atom. The number of piperazine rings is 1. The van der Waals surface area contributed by atoms with Crippen molar-refractivity contribution in [3.63, 3.8) is 0 Å². The van der Waals surface area contributed by atoms with Gasteiger partial charge in [0, 0.05) is 32.7 Å². The minimum atomic E-state index is -3.55. The molecule has 0 aromatic rings. The minimum Gasteiger partial charge on any atom is -0.444 e. The first-order chi connectivity index (χ1) is 12.9. The van der Waals surface area contributed by atoms with Crippen LogP contribution in [-0.2, 0) is 23.8 Å². The first-order valence-electron chi connectivity index (χ1n) is 9.43. The Hall–Kier alpha value is -1.59. The van der Waals surface area contributed by atoms with Crippen LogP contribution >= 0.6 is 0 Å². The fourth-order valence-corrected chi connectivity index (χ4v) is 3.41. The smallest absolute Gasteiger partial charge is 0.410 e. The predicted molar refractivity (Wildman–Crippen MR) is 102 cm³/mol. The van der Waals surface area contributed by atoms with Crippen molar-refractivity contribution in [2.24, 2.45) is 0 Å². The molecular formula is C17H31N3O7S. The molecule has 11 heteroatoms. The van der Waals surface area contributed by atoms with Crippen LogP contribution in [-0.4, -0.2) is 106 Å². The third-order valence-corrected chi connectivity index (χ3v) is 4.91. The predicted octanol–water partition coefficient (Wildman–Crippen LogP) is 0.726. The van der Waals surface area contributed by atoms with E-state index in [0.29, 0.717) is 26.2 Å². The van der Waals surface area contributed by atoms with Crippen molar-refractivity contribution in [3.8, 4) is 0 Å². The highest BCUT2D eigenvalue weighted by atomic mass is 32.2. The molecule has 0 aromatic carbocycles. The van der Waals surface area contributed by atoms with E-state index in [9.17, 15) is 18.0 Å². The van der Waals surface area contributed by atoms with Crippen LogP contribution in [0.2, 0.25) is 0 Å². The number of cyclic esters (lactones) is 1. The maximum atomic E-state index is 12.1. The Kier molecular flexibility index (Phi) is 7.52. The van der Waals surface area contributed by atoms with Crippen LogP contribution < -0.4 is 0 Å². The third-order valence-electron chi connectivity index (χ3n) is 4.34. The standard InChI is InChI=1S/C17H31N3O7S/c1-17(2,3)27-16(22)19-10-8-18(9-11-19)6-5-7-20-12-14(26-15(20)21)13-25-28(4,23)24/h14H,5-13H2,1-4H3. The molecule has 162 valence electrons. The van der Waals surface area contributed by atoms with Crippen molar-refractivity contribution in [1.82, 2.24) is 14.7 Å². The number of carbonyl (C=O) groups excluding carboxylic acids is 2. The van der Waals surface area contributed by atoms with Crippen LogP contribution in [0.4, 0.5) is 9.59 Å². The SMILES string of the molecule is CC(C)(C)OC(=O)N1CCN(CCCN2CC(COS(C)(=O)=O)OC2=O)CC1. The van der Waals surface area contributed by atoms with Crippen LogP contribution in [0.15, 0.2) is 0 Å². The molecule has 1 atom stereocenters. The van der Waals surface area contributed by atoms with Gasteiger partial charge in [0.05, 0.1) is 12.8 Å². The molecule has 2 aliphatic rings. The fraction of sp³-hybridized carbons (Fsp3) is 0.882. The van der Waals surface area contributed by atoms with Gasteiger partial charge in [-0.15, -0.1) is 0 Å². The summed E-state index contributed by atoms with van der Waals surface area (Å²) in [5.74, 6) is 0. The van der Waals surface area contributed by atoms with E-state index in [4.69, 9.17) is 9.47 Å². The second-order valence-electron chi connectivity index (χ2n) is 8.10. The first kappa shape index (κ1) is 22.7. The number of ether oxygens (including phenoxy) is 2. The lowest BCUT2D eigenvalue weighted by atomic mass is 10.2. The van der Waals surface area contributed by atoms with Gasteiger partial charge in [0.2, 0.25) is 0 Å². The summed E-state index contributed by atoms with van der Waals surface area (Å²) in [6.45, 7) is 9.79. The van der Waals surface area contributed by atoms with Crippen molar-refractivity contribution in [3.05, 3.63) is 0 Å². The molecular weight excluding hydrogens is 390 g/mol. The molecule has 2 aliphatic heterocycles. The number of hydrogen-bond acceptors (Lipinski definition) is 8. The molecule has 0 spiro atoms. The largest absolute Gasteiger partial charge is 0.444 e. The highest BCUT2D eigenvalue weighted by Crippen LogP contribution is 2.14. The lowest BCUT2D eigenvalue weighted by molar-refractivity contribution is 0.0143. The summed E-state index contributed by atoms with van der Waals surface area (Å²) in [5.41, 5.74) is -0.497. The van der Waals surface area contributed by atoms with E-state index in [1.807, 2.05) is 20.8 Å². The van der Waals surface area contributed by atoms with Gasteiger partial charge in [-0.05, 0) is 33.7 Å². The summed E-state index contributed by atoms with van der Waals surface area (Å²) >= 11 is 0. The molecule has 1 unspecified atom stereocenters. The summed E-state index contributed by atoms with van der Waals surface area (Å²) < 4.78 is 37.2. The van der Waals surface area contributed by atoms with E-state index in [-0.39, 0.29) is 12.7 Å². The third kappa shape index (κ3) is 7.80. The highest BCUT2D eigenvalue weighted by Gasteiger charge is 2.32. The quantitative estimate of drug-likeness (QED) is 0.554. The van der Waals surface area contributed by atoms with Gasteiger partial charge in [-0.1, -0.05) is 0 Å². The number of amides is 2. The maximum absolute atomic E-state index is 12.1. The highest BCUT2D eigenvalue weighted by molar-refractivity contribution is 7.85. The Balaban J connectivity index is 1.64. The Morgan fingerprint density at radius 2 is 1.82 bits per heavy atom. The van der Waals surface area contributed by atoms with Gasteiger partial charge >= 0.3 is 12.2 Å². The first-order valence-corrected chi connectivity index (χ1v) is 11.2. The number of nitrogens with zero attached hydrogens (tertiary/aromatic N) is 3. The van der Waals surface area contributed by atoms with E-state index in [1.54, 1.807) is 9.80 Å². The lowest BCUT2D eigenvalue weighted by Crippen LogP contribution is -2.50. The molecule has 28 heavy (non-hydrogen) atoms. The van der Waals surface area contributed by atoms with Gasteiger partial charge < -0.3 is 19.3 Å². The summed E-state index contributed by atoms with van der Waals surface area (Å²) in [6, 6.07) is 0. The average molecular weight is 422 g/mol. The summed E-state index contributed by atoms with van der Waals surface area (Å²) in [7, 11) is -3.55. The summed E-state index contributed by atoms with van der Waals surface area (Å²) in [4.78, 5) is 29.4. The number of hydrogen-bond donors (Lipinski definition) is 0. The molecule has 2 fully saturated rings. The molecule has 0 radical (unpaired) electrons. The van der Waals surface area contributed by atoms with E-state index in [0.717, 1.165) is 32.3 Å². The molecule has 2 heterocycles. The number of carbonyl (C=O) groups is 2. The second kappa shape index (κ2) is 9.27. The number of rotatable bonds is 7. The molecule has 0 saturated carbocycles. The minimum absolute atomic E-state index is 0.159. The zero-order valence-corrected chi connectivity index (χ0v) is 17.9. The molecule has 2 saturated heterocycles. The molecule has 0 aromatic heterocycles. The fourth-order valence-electron chi connectivity index (χ4n) is 3.01. The molecule has 2 rings (SSSR count). The lowest BCUT2D eigenvalue weighted by Gasteiger charge is -2.35. The van der Waals surface area contributed by atoms with Crippen LogP contribution in [0, 0.1) is 0 Å². The Bertz CT molecular complexity index is 654. The summed E-state index contributed by atoms with van der Waals surface area (Å²) in [6.07, 6.45) is 0.427. The monoisotopic (exact) mass is 421 g/mol. The van der Waals surface area contributed by atoms with Gasteiger partial charge in [0.1, 0.15) is 18.3 Å². The normalized spacial score (nSPS) is 21.7. The summed E-state index contributed by atoms with van der Waals surface area (Å²) in [5, 5.41) is 0. The topological polar surface area (TPSA) is 106 Å². The molecule has 0 aliphatic carbocycles. The van der Waals surface area contributed by atoms with Crippen molar-refractivity contribution in [2.45, 2.75) is 38.9 Å². The van der Waals surface area contributed by atoms with Crippen molar-refractivity contribution in [2.75, 3.05) is 58.7 Å². The van der Waals surface area contributed by atoms with Gasteiger partial charge in [-0.3, -0.25) is 9.08 Å². The van der Waals surface area contributed by atoms with Gasteiger partial charge in [0.25, 0.3) is 10.1 Å². The van der Waals surface area contributed by atoms with Crippen LogP contribution in [0.1, 0.15) is 27.2 Å². The molecule has 2 amide bonds. The average Bonchev–Trinajstić information content (AvgIpc) is 2.92. The molecule has 10 nitrogen and oxygen atoms in total. The van der Waals surface area contributed by atoms with Crippen LogP contribution in [0.3, 0.4) is 0 Å². The maximum Gasteiger partial charge on any atom is 0.410 e. The zero-order chi connectivity index (χ0) is 20.9. The Labute approximate surface area is 166 Å². The molecule has 0 bridgehead atoms. The second-order valence-corrected chi connectivity index (χ2v) is 9.75. The molecule has 0 N–H and O–H groups in total. The zero-order valence-electron chi connectivity index (χ0n) is 17.0. The van der Waals surface area contributed by atoms with E-state index >= 15 is 0 Å². The van der Waals surface area contributed by atoms with E-state index < -0.39 is 27.9 Å². The van der Waals surface area contributed by atoms with Gasteiger partial charge in [-0.25, -0.2) is 9.59 Å².